The number of hydrogen-bond donors (Lipinski definition) is 0. The number of benzene rings is 3. The Kier molecular flexibility index (Phi) is 4.98. The van der Waals surface area contributed by atoms with Crippen LogP contribution in [0.2, 0.25) is 0 Å². The second kappa shape index (κ2) is 7.59. The highest BCUT2D eigenvalue weighted by atomic mass is 16.5. The highest BCUT2D eigenvalue weighted by Crippen LogP contribution is 2.40. The van der Waals surface area contributed by atoms with Crippen molar-refractivity contribution in [2.24, 2.45) is 0 Å². The highest BCUT2D eigenvalue weighted by molar-refractivity contribution is 6.08. The SMILES string of the molecule is CC(C)(C)c1ccc2c(c1)-c1ccccc1N(C(=O)c1ccccc1)C/C=C\O2. The average molecular weight is 383 g/mol. The van der Waals surface area contributed by atoms with Crippen LogP contribution in [0.4, 0.5) is 5.69 Å². The maximum absolute atomic E-state index is 13.3. The van der Waals surface area contributed by atoms with Crippen molar-refractivity contribution in [3.8, 4) is 16.9 Å². The normalized spacial score (nSPS) is 14.5. The summed E-state index contributed by atoms with van der Waals surface area (Å²) in [5, 5.41) is 0. The zero-order valence-corrected chi connectivity index (χ0v) is 17.1. The van der Waals surface area contributed by atoms with E-state index in [4.69, 9.17) is 4.74 Å². The molecule has 0 aromatic heterocycles. The summed E-state index contributed by atoms with van der Waals surface area (Å²) in [7, 11) is 0. The Bertz CT molecular complexity index is 1060. The van der Waals surface area contributed by atoms with Gasteiger partial charge >= 0.3 is 0 Å². The predicted molar refractivity (Wildman–Crippen MR) is 118 cm³/mol. The monoisotopic (exact) mass is 383 g/mol. The smallest absolute Gasteiger partial charge is 0.258 e. The first kappa shape index (κ1) is 19.0. The lowest BCUT2D eigenvalue weighted by Gasteiger charge is -2.25. The van der Waals surface area contributed by atoms with E-state index in [9.17, 15) is 4.79 Å². The van der Waals surface area contributed by atoms with Gasteiger partial charge in [-0.05, 0) is 47.4 Å². The zero-order chi connectivity index (χ0) is 20.4. The largest absolute Gasteiger partial charge is 0.465 e. The maximum Gasteiger partial charge on any atom is 0.258 e. The number of anilines is 1. The molecule has 1 amide bonds. The fraction of sp³-hybridized carbons (Fsp3) is 0.192. The Hall–Kier alpha value is -3.33. The molecule has 29 heavy (non-hydrogen) atoms. The van der Waals surface area contributed by atoms with Gasteiger partial charge in [-0.25, -0.2) is 0 Å². The number of nitrogens with zero attached hydrogens (tertiary/aromatic N) is 1. The van der Waals surface area contributed by atoms with Gasteiger partial charge in [-0.2, -0.15) is 0 Å². The number of rotatable bonds is 1. The highest BCUT2D eigenvalue weighted by Gasteiger charge is 2.23. The van der Waals surface area contributed by atoms with Crippen molar-refractivity contribution < 1.29 is 9.53 Å². The summed E-state index contributed by atoms with van der Waals surface area (Å²) in [5.74, 6) is 0.758. The van der Waals surface area contributed by atoms with Crippen LogP contribution in [0.15, 0.2) is 85.1 Å². The molecule has 3 nitrogen and oxygen atoms in total. The average Bonchev–Trinajstić information content (AvgIpc) is 2.80. The number of carbonyl (C=O) groups excluding carboxylic acids is 1. The molecule has 3 heteroatoms. The van der Waals surface area contributed by atoms with E-state index in [1.165, 1.54) is 5.56 Å². The van der Waals surface area contributed by atoms with Gasteiger partial charge in [0.05, 0.1) is 11.9 Å². The molecule has 4 rings (SSSR count). The van der Waals surface area contributed by atoms with Crippen LogP contribution in [-0.4, -0.2) is 12.5 Å². The number of carbonyl (C=O) groups is 1. The first-order chi connectivity index (χ1) is 13.9. The van der Waals surface area contributed by atoms with Gasteiger partial charge in [0.25, 0.3) is 5.91 Å². The summed E-state index contributed by atoms with van der Waals surface area (Å²) in [5.41, 5.74) is 4.76. The predicted octanol–water partition coefficient (Wildman–Crippen LogP) is 6.20. The Morgan fingerprint density at radius 2 is 1.62 bits per heavy atom. The van der Waals surface area contributed by atoms with Crippen LogP contribution in [0.5, 0.6) is 5.75 Å². The lowest BCUT2D eigenvalue weighted by atomic mass is 9.85. The quantitative estimate of drug-likeness (QED) is 0.500. The summed E-state index contributed by atoms with van der Waals surface area (Å²) in [4.78, 5) is 15.1. The van der Waals surface area contributed by atoms with E-state index < -0.39 is 0 Å². The maximum atomic E-state index is 13.3. The second-order valence-electron chi connectivity index (χ2n) is 8.25. The Labute approximate surface area is 172 Å². The van der Waals surface area contributed by atoms with Gasteiger partial charge in [0.15, 0.2) is 0 Å². The van der Waals surface area contributed by atoms with Crippen molar-refractivity contribution in [2.45, 2.75) is 26.2 Å². The lowest BCUT2D eigenvalue weighted by Crippen LogP contribution is -2.31. The molecular formula is C26H25NO2. The molecule has 0 atom stereocenters. The van der Waals surface area contributed by atoms with Crippen molar-refractivity contribution >= 4 is 11.6 Å². The summed E-state index contributed by atoms with van der Waals surface area (Å²) in [6.45, 7) is 7.02. The van der Waals surface area contributed by atoms with E-state index in [1.807, 2.05) is 65.6 Å². The van der Waals surface area contributed by atoms with Gasteiger partial charge in [-0.15, -0.1) is 0 Å². The zero-order valence-electron chi connectivity index (χ0n) is 17.1. The van der Waals surface area contributed by atoms with E-state index in [2.05, 4.69) is 39.0 Å². The van der Waals surface area contributed by atoms with Gasteiger partial charge in [-0.1, -0.05) is 63.2 Å². The molecule has 0 aliphatic carbocycles. The first-order valence-electron chi connectivity index (χ1n) is 9.88. The molecule has 0 N–H and O–H groups in total. The second-order valence-corrected chi connectivity index (χ2v) is 8.25. The lowest BCUT2D eigenvalue weighted by molar-refractivity contribution is 0.0989. The molecule has 146 valence electrons. The minimum absolute atomic E-state index is 0.0117. The fourth-order valence-electron chi connectivity index (χ4n) is 3.54. The van der Waals surface area contributed by atoms with Crippen molar-refractivity contribution in [3.63, 3.8) is 0 Å². The van der Waals surface area contributed by atoms with Crippen molar-refractivity contribution in [1.29, 1.82) is 0 Å². The number of para-hydroxylation sites is 1. The first-order valence-corrected chi connectivity index (χ1v) is 9.88. The van der Waals surface area contributed by atoms with Gasteiger partial charge in [-0.3, -0.25) is 4.79 Å². The molecule has 1 heterocycles. The third-order valence-electron chi connectivity index (χ3n) is 5.18. The number of hydrogen-bond acceptors (Lipinski definition) is 2. The Balaban J connectivity index is 1.90. The molecule has 0 fully saturated rings. The minimum atomic E-state index is -0.0295. The summed E-state index contributed by atoms with van der Waals surface area (Å²) >= 11 is 0. The van der Waals surface area contributed by atoms with Gasteiger partial charge in [0.1, 0.15) is 5.75 Å². The molecule has 1 aliphatic rings. The van der Waals surface area contributed by atoms with Gasteiger partial charge < -0.3 is 9.64 Å². The minimum Gasteiger partial charge on any atom is -0.465 e. The summed E-state index contributed by atoms with van der Waals surface area (Å²) in [6, 6.07) is 23.7. The topological polar surface area (TPSA) is 29.5 Å². The molecule has 0 unspecified atom stereocenters. The van der Waals surface area contributed by atoms with Crippen LogP contribution in [0.1, 0.15) is 36.7 Å². The van der Waals surface area contributed by atoms with Crippen LogP contribution in [0.3, 0.4) is 0 Å². The van der Waals surface area contributed by atoms with Crippen LogP contribution in [0, 0.1) is 0 Å². The summed E-state index contributed by atoms with van der Waals surface area (Å²) in [6.07, 6.45) is 3.55. The van der Waals surface area contributed by atoms with Crippen molar-refractivity contribution in [2.75, 3.05) is 11.4 Å². The van der Waals surface area contributed by atoms with Gasteiger partial charge in [0, 0.05) is 23.2 Å². The Morgan fingerprint density at radius 1 is 0.897 bits per heavy atom. The molecule has 3 aromatic rings. The van der Waals surface area contributed by atoms with E-state index in [1.54, 1.807) is 6.26 Å². The van der Waals surface area contributed by atoms with E-state index in [0.717, 1.165) is 22.6 Å². The molecule has 0 radical (unpaired) electrons. The molecule has 0 spiro atoms. The number of amides is 1. The third-order valence-corrected chi connectivity index (χ3v) is 5.18. The van der Waals surface area contributed by atoms with Crippen molar-refractivity contribution in [3.05, 3.63) is 96.3 Å². The van der Waals surface area contributed by atoms with Crippen LogP contribution >= 0.6 is 0 Å². The molecule has 0 saturated heterocycles. The summed E-state index contributed by atoms with van der Waals surface area (Å²) < 4.78 is 5.95. The van der Waals surface area contributed by atoms with Crippen LogP contribution < -0.4 is 9.64 Å². The molecule has 1 aliphatic heterocycles. The molecule has 0 bridgehead atoms. The van der Waals surface area contributed by atoms with Gasteiger partial charge in [0.2, 0.25) is 0 Å². The van der Waals surface area contributed by atoms with E-state index in [-0.39, 0.29) is 11.3 Å². The standard InChI is InChI=1S/C26H25NO2/c1-26(2,3)20-14-15-24-22(18-20)21-12-7-8-13-23(21)27(16-9-17-29-24)25(28)19-10-5-4-6-11-19/h4-15,17-18H,16H2,1-3H3/b17-9-. The molecule has 3 aromatic carbocycles. The van der Waals surface area contributed by atoms with Crippen LogP contribution in [0.25, 0.3) is 11.1 Å². The fourth-order valence-corrected chi connectivity index (χ4v) is 3.54. The van der Waals surface area contributed by atoms with Crippen LogP contribution in [-0.2, 0) is 5.41 Å². The molecule has 0 saturated carbocycles. The number of fused-ring (bicyclic) bond motifs is 3. The third kappa shape index (κ3) is 3.81. The Morgan fingerprint density at radius 3 is 2.38 bits per heavy atom. The number of ether oxygens (including phenoxy) is 1. The van der Waals surface area contributed by atoms with Crippen molar-refractivity contribution in [1.82, 2.24) is 0 Å². The van der Waals surface area contributed by atoms with E-state index in [0.29, 0.717) is 12.1 Å². The molecular weight excluding hydrogens is 358 g/mol. The van der Waals surface area contributed by atoms with E-state index >= 15 is 0 Å².